The first-order chi connectivity index (χ1) is 9.38. The number of nitrogens with two attached hydrogens (primary N) is 1. The Hall–Kier alpha value is -2.14. The summed E-state index contributed by atoms with van der Waals surface area (Å²) in [7, 11) is 0. The molecule has 98 valence electrons. The summed E-state index contributed by atoms with van der Waals surface area (Å²) in [6.45, 7) is 1.66. The van der Waals surface area contributed by atoms with Gasteiger partial charge in [0.15, 0.2) is 11.5 Å². The van der Waals surface area contributed by atoms with Gasteiger partial charge in [-0.25, -0.2) is 9.97 Å². The summed E-state index contributed by atoms with van der Waals surface area (Å²) in [6.07, 6.45) is 3.26. The van der Waals surface area contributed by atoms with Crippen LogP contribution in [0.1, 0.15) is 17.2 Å². The van der Waals surface area contributed by atoms with Gasteiger partial charge in [0.05, 0.1) is 5.69 Å². The average molecular weight is 257 g/mol. The highest BCUT2D eigenvalue weighted by molar-refractivity contribution is 5.46. The molecule has 0 saturated carbocycles. The number of nitrogens with zero attached hydrogens (tertiary/aromatic N) is 2. The third-order valence-corrected chi connectivity index (χ3v) is 3.17. The van der Waals surface area contributed by atoms with E-state index in [1.807, 2.05) is 24.3 Å². The van der Waals surface area contributed by atoms with E-state index >= 15 is 0 Å². The third kappa shape index (κ3) is 2.37. The second-order valence-corrected chi connectivity index (χ2v) is 4.33. The normalized spacial score (nSPS) is 15.0. The van der Waals surface area contributed by atoms with Crippen molar-refractivity contribution >= 4 is 0 Å². The molecule has 0 aliphatic carbocycles. The van der Waals surface area contributed by atoms with Gasteiger partial charge in [0.2, 0.25) is 0 Å². The number of ether oxygens (including phenoxy) is 2. The molecule has 0 bridgehead atoms. The lowest BCUT2D eigenvalue weighted by Gasteiger charge is -2.21. The fraction of sp³-hybridized carbons (Fsp3) is 0.286. The lowest BCUT2D eigenvalue weighted by Crippen LogP contribution is -2.18. The maximum atomic E-state index is 5.88. The van der Waals surface area contributed by atoms with Gasteiger partial charge in [0, 0.05) is 18.7 Å². The minimum absolute atomic E-state index is 0.0406. The molecule has 1 aromatic heterocycles. The zero-order valence-corrected chi connectivity index (χ0v) is 10.5. The SMILES string of the molecule is NCC(c1ccc2c(c1)OCCO2)c1ccncn1. The van der Waals surface area contributed by atoms with Crippen LogP contribution < -0.4 is 15.2 Å². The Balaban J connectivity index is 1.96. The fourth-order valence-corrected chi connectivity index (χ4v) is 2.21. The van der Waals surface area contributed by atoms with Crippen molar-refractivity contribution in [3.05, 3.63) is 48.0 Å². The molecule has 1 aliphatic heterocycles. The van der Waals surface area contributed by atoms with Crippen molar-refractivity contribution in [3.8, 4) is 11.5 Å². The maximum absolute atomic E-state index is 5.88. The predicted octanol–water partition coefficient (Wildman–Crippen LogP) is 1.34. The molecule has 1 unspecified atom stereocenters. The Kier molecular flexibility index (Phi) is 3.29. The molecule has 0 saturated heterocycles. The van der Waals surface area contributed by atoms with Gasteiger partial charge < -0.3 is 15.2 Å². The molecule has 2 N–H and O–H groups in total. The second kappa shape index (κ2) is 5.24. The zero-order chi connectivity index (χ0) is 13.1. The number of fused-ring (bicyclic) bond motifs is 1. The number of rotatable bonds is 3. The summed E-state index contributed by atoms with van der Waals surface area (Å²) in [4.78, 5) is 8.20. The molecule has 0 fully saturated rings. The Morgan fingerprint density at radius 1 is 1.16 bits per heavy atom. The van der Waals surface area contributed by atoms with Crippen LogP contribution in [-0.4, -0.2) is 29.7 Å². The molecule has 5 nitrogen and oxygen atoms in total. The first-order valence-corrected chi connectivity index (χ1v) is 6.24. The molecule has 1 aromatic carbocycles. The van der Waals surface area contributed by atoms with Crippen molar-refractivity contribution < 1.29 is 9.47 Å². The van der Waals surface area contributed by atoms with E-state index in [9.17, 15) is 0 Å². The minimum atomic E-state index is 0.0406. The van der Waals surface area contributed by atoms with Crippen LogP contribution in [0.2, 0.25) is 0 Å². The highest BCUT2D eigenvalue weighted by atomic mass is 16.6. The standard InChI is InChI=1S/C14H15N3O2/c15-8-11(12-3-4-16-9-17-12)10-1-2-13-14(7-10)19-6-5-18-13/h1-4,7,9,11H,5-6,8,15H2. The first-order valence-electron chi connectivity index (χ1n) is 6.24. The molecule has 2 heterocycles. The topological polar surface area (TPSA) is 70.3 Å². The van der Waals surface area contributed by atoms with Crippen LogP contribution in [0.25, 0.3) is 0 Å². The fourth-order valence-electron chi connectivity index (χ4n) is 2.21. The molecule has 1 atom stereocenters. The number of hydrogen-bond donors (Lipinski definition) is 1. The lowest BCUT2D eigenvalue weighted by molar-refractivity contribution is 0.171. The molecule has 0 amide bonds. The van der Waals surface area contributed by atoms with Gasteiger partial charge in [-0.3, -0.25) is 0 Å². The van der Waals surface area contributed by atoms with Crippen LogP contribution in [-0.2, 0) is 0 Å². The molecule has 1 aliphatic rings. The van der Waals surface area contributed by atoms with Crippen LogP contribution in [0.15, 0.2) is 36.8 Å². The zero-order valence-electron chi connectivity index (χ0n) is 10.5. The summed E-state index contributed by atoms with van der Waals surface area (Å²) in [6, 6.07) is 7.79. The summed E-state index contributed by atoms with van der Waals surface area (Å²) in [5, 5.41) is 0. The smallest absolute Gasteiger partial charge is 0.161 e. The van der Waals surface area contributed by atoms with Crippen molar-refractivity contribution in [2.24, 2.45) is 5.73 Å². The van der Waals surface area contributed by atoms with E-state index in [1.54, 1.807) is 6.20 Å². The van der Waals surface area contributed by atoms with Crippen LogP contribution in [0.3, 0.4) is 0 Å². The first kappa shape index (κ1) is 11.9. The van der Waals surface area contributed by atoms with Crippen LogP contribution in [0, 0.1) is 0 Å². The Morgan fingerprint density at radius 2 is 2.00 bits per heavy atom. The van der Waals surface area contributed by atoms with E-state index in [0.717, 1.165) is 22.8 Å². The van der Waals surface area contributed by atoms with Crippen LogP contribution in [0.5, 0.6) is 11.5 Å². The minimum Gasteiger partial charge on any atom is -0.486 e. The van der Waals surface area contributed by atoms with Crippen molar-refractivity contribution in [1.29, 1.82) is 0 Å². The Morgan fingerprint density at radius 3 is 2.74 bits per heavy atom. The summed E-state index contributed by atoms with van der Waals surface area (Å²) in [5.74, 6) is 1.60. The lowest BCUT2D eigenvalue weighted by atomic mass is 9.95. The summed E-state index contributed by atoms with van der Waals surface area (Å²) < 4.78 is 11.1. The van der Waals surface area contributed by atoms with E-state index < -0.39 is 0 Å². The molecule has 5 heteroatoms. The van der Waals surface area contributed by atoms with Crippen molar-refractivity contribution in [2.45, 2.75) is 5.92 Å². The summed E-state index contributed by atoms with van der Waals surface area (Å²) in [5.41, 5.74) is 7.87. The number of hydrogen-bond acceptors (Lipinski definition) is 5. The monoisotopic (exact) mass is 257 g/mol. The molecular weight excluding hydrogens is 242 g/mol. The van der Waals surface area contributed by atoms with E-state index in [-0.39, 0.29) is 5.92 Å². The average Bonchev–Trinajstić information content (AvgIpc) is 2.49. The van der Waals surface area contributed by atoms with Crippen LogP contribution >= 0.6 is 0 Å². The van der Waals surface area contributed by atoms with E-state index in [4.69, 9.17) is 15.2 Å². The molecule has 0 radical (unpaired) electrons. The highest BCUT2D eigenvalue weighted by Gasteiger charge is 2.18. The van der Waals surface area contributed by atoms with Crippen LogP contribution in [0.4, 0.5) is 0 Å². The largest absolute Gasteiger partial charge is 0.486 e. The second-order valence-electron chi connectivity index (χ2n) is 4.33. The molecule has 19 heavy (non-hydrogen) atoms. The molecular formula is C14H15N3O2. The van der Waals surface area contributed by atoms with E-state index in [0.29, 0.717) is 19.8 Å². The maximum Gasteiger partial charge on any atom is 0.161 e. The van der Waals surface area contributed by atoms with Crippen molar-refractivity contribution in [2.75, 3.05) is 19.8 Å². The molecule has 0 spiro atoms. The van der Waals surface area contributed by atoms with Crippen molar-refractivity contribution in [1.82, 2.24) is 9.97 Å². The Bertz CT molecular complexity index is 560. The third-order valence-electron chi connectivity index (χ3n) is 3.17. The van der Waals surface area contributed by atoms with Gasteiger partial charge in [-0.05, 0) is 23.8 Å². The van der Waals surface area contributed by atoms with Gasteiger partial charge in [-0.15, -0.1) is 0 Å². The number of aromatic nitrogens is 2. The van der Waals surface area contributed by atoms with E-state index in [2.05, 4.69) is 9.97 Å². The van der Waals surface area contributed by atoms with Gasteiger partial charge in [0.25, 0.3) is 0 Å². The van der Waals surface area contributed by atoms with E-state index in [1.165, 1.54) is 6.33 Å². The van der Waals surface area contributed by atoms with Gasteiger partial charge >= 0.3 is 0 Å². The Labute approximate surface area is 111 Å². The predicted molar refractivity (Wildman–Crippen MR) is 70.4 cm³/mol. The molecule has 3 rings (SSSR count). The van der Waals surface area contributed by atoms with Crippen molar-refractivity contribution in [3.63, 3.8) is 0 Å². The number of benzene rings is 1. The van der Waals surface area contributed by atoms with Gasteiger partial charge in [0.1, 0.15) is 19.5 Å². The molecule has 2 aromatic rings. The van der Waals surface area contributed by atoms with Gasteiger partial charge in [-0.2, -0.15) is 0 Å². The summed E-state index contributed by atoms with van der Waals surface area (Å²) >= 11 is 0. The quantitative estimate of drug-likeness (QED) is 0.898. The highest BCUT2D eigenvalue weighted by Crippen LogP contribution is 2.34. The van der Waals surface area contributed by atoms with Gasteiger partial charge in [-0.1, -0.05) is 6.07 Å².